The zero-order valence-electron chi connectivity index (χ0n) is 9.69. The molecule has 0 radical (unpaired) electrons. The fourth-order valence-electron chi connectivity index (χ4n) is 1.40. The fourth-order valence-corrected chi connectivity index (χ4v) is 1.92. The van der Waals surface area contributed by atoms with Gasteiger partial charge in [0, 0.05) is 11.0 Å². The van der Waals surface area contributed by atoms with Crippen LogP contribution in [0.15, 0.2) is 28.2 Å². The van der Waals surface area contributed by atoms with E-state index in [9.17, 15) is 0 Å². The van der Waals surface area contributed by atoms with Crippen LogP contribution in [-0.4, -0.2) is 13.1 Å². The molecule has 1 aromatic carbocycles. The Morgan fingerprint density at radius 2 is 2.19 bits per heavy atom. The first-order chi connectivity index (χ1) is 7.67. The Labute approximate surface area is 111 Å². The van der Waals surface area contributed by atoms with E-state index in [1.165, 1.54) is 11.1 Å². The molecule has 0 bridgehead atoms. The van der Waals surface area contributed by atoms with Crippen LogP contribution < -0.4 is 5.32 Å². The van der Waals surface area contributed by atoms with Gasteiger partial charge in [-0.1, -0.05) is 43.2 Å². The summed E-state index contributed by atoms with van der Waals surface area (Å²) in [5, 5.41) is 4.09. The summed E-state index contributed by atoms with van der Waals surface area (Å²) in [4.78, 5) is 0. The van der Waals surface area contributed by atoms with Crippen molar-refractivity contribution in [3.05, 3.63) is 38.8 Å². The van der Waals surface area contributed by atoms with Crippen LogP contribution in [0.25, 0.3) is 6.08 Å². The molecular formula is C13H17BrClN. The summed E-state index contributed by atoms with van der Waals surface area (Å²) in [7, 11) is 0. The van der Waals surface area contributed by atoms with E-state index in [2.05, 4.69) is 41.2 Å². The summed E-state index contributed by atoms with van der Waals surface area (Å²) < 4.78 is 0.946. The summed E-state index contributed by atoms with van der Waals surface area (Å²) >= 11 is 9.39. The molecule has 0 unspecified atom stereocenters. The van der Waals surface area contributed by atoms with Crippen molar-refractivity contribution >= 4 is 33.6 Å². The second kappa shape index (κ2) is 7.10. The van der Waals surface area contributed by atoms with Crippen molar-refractivity contribution in [1.29, 1.82) is 0 Å². The van der Waals surface area contributed by atoms with E-state index < -0.39 is 0 Å². The molecule has 0 spiro atoms. The minimum absolute atomic E-state index is 0.752. The van der Waals surface area contributed by atoms with Crippen molar-refractivity contribution < 1.29 is 0 Å². The van der Waals surface area contributed by atoms with Crippen molar-refractivity contribution in [3.63, 3.8) is 0 Å². The van der Waals surface area contributed by atoms with Gasteiger partial charge in [-0.2, -0.15) is 0 Å². The van der Waals surface area contributed by atoms with E-state index in [1.54, 1.807) is 0 Å². The van der Waals surface area contributed by atoms with Crippen LogP contribution in [0.3, 0.4) is 0 Å². The minimum Gasteiger partial charge on any atom is -0.313 e. The Morgan fingerprint density at radius 1 is 1.44 bits per heavy atom. The van der Waals surface area contributed by atoms with Crippen LogP contribution in [0.5, 0.6) is 0 Å². The third kappa shape index (κ3) is 4.28. The molecular weight excluding hydrogens is 286 g/mol. The molecule has 0 saturated carbocycles. The van der Waals surface area contributed by atoms with Crippen LogP contribution in [0.2, 0.25) is 5.02 Å². The highest BCUT2D eigenvalue weighted by Gasteiger charge is 1.99. The number of rotatable bonds is 5. The lowest BCUT2D eigenvalue weighted by Crippen LogP contribution is -2.15. The molecule has 0 saturated heterocycles. The van der Waals surface area contributed by atoms with Crippen LogP contribution in [-0.2, 0) is 0 Å². The lowest BCUT2D eigenvalue weighted by Gasteiger charge is -2.06. The smallest absolute Gasteiger partial charge is 0.0548 e. The van der Waals surface area contributed by atoms with Crippen molar-refractivity contribution in [2.45, 2.75) is 20.3 Å². The molecule has 0 aliphatic rings. The van der Waals surface area contributed by atoms with Crippen LogP contribution in [0.4, 0.5) is 0 Å². The maximum absolute atomic E-state index is 5.95. The number of halogens is 2. The topological polar surface area (TPSA) is 12.0 Å². The fraction of sp³-hybridized carbons (Fsp3) is 0.385. The molecule has 0 aromatic heterocycles. The zero-order chi connectivity index (χ0) is 12.0. The van der Waals surface area contributed by atoms with Gasteiger partial charge >= 0.3 is 0 Å². The molecule has 1 rings (SSSR count). The van der Waals surface area contributed by atoms with Gasteiger partial charge in [0.05, 0.1) is 5.02 Å². The third-order valence-corrected chi connectivity index (χ3v) is 3.58. The summed E-state index contributed by atoms with van der Waals surface area (Å²) in [6.07, 6.45) is 3.27. The Hall–Kier alpha value is -0.310. The largest absolute Gasteiger partial charge is 0.313 e. The highest BCUT2D eigenvalue weighted by Crippen LogP contribution is 2.24. The van der Waals surface area contributed by atoms with Crippen molar-refractivity contribution in [2.75, 3.05) is 13.1 Å². The van der Waals surface area contributed by atoms with E-state index in [0.717, 1.165) is 29.0 Å². The number of likely N-dealkylation sites (N-methyl/N-ethyl adjacent to an activating group) is 1. The second-order valence-corrected chi connectivity index (χ2v) is 4.87. The monoisotopic (exact) mass is 301 g/mol. The van der Waals surface area contributed by atoms with Gasteiger partial charge in [-0.25, -0.2) is 0 Å². The van der Waals surface area contributed by atoms with Crippen LogP contribution >= 0.6 is 27.5 Å². The van der Waals surface area contributed by atoms with Gasteiger partial charge in [-0.15, -0.1) is 0 Å². The van der Waals surface area contributed by atoms with Gasteiger partial charge in [-0.05, 0) is 46.6 Å². The Morgan fingerprint density at radius 3 is 2.75 bits per heavy atom. The molecule has 1 nitrogen and oxygen atoms in total. The third-order valence-electron chi connectivity index (χ3n) is 2.37. The molecule has 0 fully saturated rings. The summed E-state index contributed by atoms with van der Waals surface area (Å²) in [6.45, 7) is 6.25. The standard InChI is InChI=1S/C13H17BrClN/c1-3-10(9-16-4-2)7-11-5-6-13(15)12(14)8-11/h5-8,16H,3-4,9H2,1-2H3/b10-7+. The Bertz CT molecular complexity index is 374. The molecule has 0 aliphatic heterocycles. The normalized spacial score (nSPS) is 11.9. The number of benzene rings is 1. The molecule has 16 heavy (non-hydrogen) atoms. The SMILES string of the molecule is CCNC/C(=C/c1ccc(Cl)c(Br)c1)CC. The van der Waals surface area contributed by atoms with Gasteiger partial charge in [0.2, 0.25) is 0 Å². The Balaban J connectivity index is 2.82. The van der Waals surface area contributed by atoms with E-state index >= 15 is 0 Å². The van der Waals surface area contributed by atoms with E-state index in [4.69, 9.17) is 11.6 Å². The summed E-state index contributed by atoms with van der Waals surface area (Å²) in [5.74, 6) is 0. The van der Waals surface area contributed by atoms with E-state index in [-0.39, 0.29) is 0 Å². The maximum Gasteiger partial charge on any atom is 0.0548 e. The minimum atomic E-state index is 0.752. The number of hydrogen-bond acceptors (Lipinski definition) is 1. The van der Waals surface area contributed by atoms with Crippen molar-refractivity contribution in [2.24, 2.45) is 0 Å². The molecule has 1 N–H and O–H groups in total. The quantitative estimate of drug-likeness (QED) is 0.844. The molecule has 0 atom stereocenters. The summed E-state index contributed by atoms with van der Waals surface area (Å²) in [5.41, 5.74) is 2.59. The first kappa shape index (κ1) is 13.8. The molecule has 3 heteroatoms. The molecule has 0 heterocycles. The highest BCUT2D eigenvalue weighted by atomic mass is 79.9. The second-order valence-electron chi connectivity index (χ2n) is 3.61. The molecule has 88 valence electrons. The van der Waals surface area contributed by atoms with Gasteiger partial charge < -0.3 is 5.32 Å². The lowest BCUT2D eigenvalue weighted by molar-refractivity contribution is 0.762. The summed E-state index contributed by atoms with van der Waals surface area (Å²) in [6, 6.07) is 6.00. The average Bonchev–Trinajstić information content (AvgIpc) is 2.29. The van der Waals surface area contributed by atoms with Crippen molar-refractivity contribution in [1.82, 2.24) is 5.32 Å². The zero-order valence-corrected chi connectivity index (χ0v) is 12.0. The van der Waals surface area contributed by atoms with E-state index in [0.29, 0.717) is 0 Å². The predicted molar refractivity (Wildman–Crippen MR) is 76.0 cm³/mol. The van der Waals surface area contributed by atoms with Crippen LogP contribution in [0, 0.1) is 0 Å². The number of nitrogens with one attached hydrogen (secondary N) is 1. The average molecular weight is 303 g/mol. The predicted octanol–water partition coefficient (Wildman–Crippen LogP) is 4.51. The number of hydrogen-bond donors (Lipinski definition) is 1. The van der Waals surface area contributed by atoms with Gasteiger partial charge in [0.15, 0.2) is 0 Å². The van der Waals surface area contributed by atoms with E-state index in [1.807, 2.05) is 18.2 Å². The van der Waals surface area contributed by atoms with Gasteiger partial charge in [-0.3, -0.25) is 0 Å². The Kier molecular flexibility index (Phi) is 6.10. The highest BCUT2D eigenvalue weighted by molar-refractivity contribution is 9.10. The molecule has 0 amide bonds. The lowest BCUT2D eigenvalue weighted by atomic mass is 10.1. The van der Waals surface area contributed by atoms with Gasteiger partial charge in [0.1, 0.15) is 0 Å². The molecule has 1 aromatic rings. The first-order valence-electron chi connectivity index (χ1n) is 5.52. The first-order valence-corrected chi connectivity index (χ1v) is 6.69. The van der Waals surface area contributed by atoms with Crippen molar-refractivity contribution in [3.8, 4) is 0 Å². The maximum atomic E-state index is 5.95. The van der Waals surface area contributed by atoms with Gasteiger partial charge in [0.25, 0.3) is 0 Å². The van der Waals surface area contributed by atoms with Crippen LogP contribution in [0.1, 0.15) is 25.8 Å². The molecule has 0 aliphatic carbocycles.